The van der Waals surface area contributed by atoms with E-state index in [2.05, 4.69) is 10.0 Å². The summed E-state index contributed by atoms with van der Waals surface area (Å²) in [7, 11) is -2.42. The van der Waals surface area contributed by atoms with E-state index >= 15 is 0 Å². The summed E-state index contributed by atoms with van der Waals surface area (Å²) < 4.78 is 32.4. The fourth-order valence-corrected chi connectivity index (χ4v) is 3.68. The molecule has 20 heavy (non-hydrogen) atoms. The molecule has 1 atom stereocenters. The van der Waals surface area contributed by atoms with E-state index in [1.807, 2.05) is 13.8 Å². The van der Waals surface area contributed by atoms with Crippen LogP contribution in [0, 0.1) is 5.41 Å². The molecule has 1 amide bonds. The Morgan fingerprint density at radius 3 is 2.55 bits per heavy atom. The van der Waals surface area contributed by atoms with E-state index in [0.717, 1.165) is 0 Å². The van der Waals surface area contributed by atoms with E-state index in [9.17, 15) is 13.2 Å². The van der Waals surface area contributed by atoms with Crippen molar-refractivity contribution in [2.45, 2.75) is 24.8 Å². The van der Waals surface area contributed by atoms with E-state index in [1.165, 1.54) is 13.2 Å². The summed E-state index contributed by atoms with van der Waals surface area (Å²) in [5.41, 5.74) is -0.480. The van der Waals surface area contributed by atoms with E-state index in [4.69, 9.17) is 4.74 Å². The molecule has 0 radical (unpaired) electrons. The van der Waals surface area contributed by atoms with Gasteiger partial charge in [-0.1, -0.05) is 26.0 Å². The van der Waals surface area contributed by atoms with E-state index in [-0.39, 0.29) is 16.6 Å². The molecule has 1 aromatic rings. The Bertz CT molecular complexity index is 625. The molecule has 1 heterocycles. The molecule has 7 heteroatoms. The van der Waals surface area contributed by atoms with Gasteiger partial charge in [0.1, 0.15) is 16.7 Å². The highest BCUT2D eigenvalue weighted by atomic mass is 32.2. The minimum atomic E-state index is -3.83. The minimum Gasteiger partial charge on any atom is -0.495 e. The average molecular weight is 298 g/mol. The predicted octanol–water partition coefficient (Wildman–Crippen LogP) is 0.498. The molecule has 0 saturated carbocycles. The van der Waals surface area contributed by atoms with Crippen molar-refractivity contribution in [1.82, 2.24) is 10.0 Å². The number of amides is 1. The number of ether oxygens (including phenoxy) is 1. The van der Waals surface area contributed by atoms with Crippen LogP contribution in [0.4, 0.5) is 0 Å². The maximum Gasteiger partial charge on any atom is 0.244 e. The first-order chi connectivity index (χ1) is 9.28. The molecule has 6 nitrogen and oxygen atoms in total. The molecule has 0 aliphatic carbocycles. The van der Waals surface area contributed by atoms with Crippen molar-refractivity contribution in [3.63, 3.8) is 0 Å². The molecule has 110 valence electrons. The Labute approximate surface area is 118 Å². The van der Waals surface area contributed by atoms with Gasteiger partial charge in [0.2, 0.25) is 15.9 Å². The molecule has 2 N–H and O–H groups in total. The first-order valence-electron chi connectivity index (χ1n) is 6.21. The van der Waals surface area contributed by atoms with Crippen LogP contribution in [0.25, 0.3) is 0 Å². The molecule has 0 spiro atoms. The van der Waals surface area contributed by atoms with E-state index in [0.29, 0.717) is 6.54 Å². The summed E-state index contributed by atoms with van der Waals surface area (Å²) >= 11 is 0. The highest BCUT2D eigenvalue weighted by Crippen LogP contribution is 2.28. The van der Waals surface area contributed by atoms with Crippen LogP contribution >= 0.6 is 0 Å². The zero-order chi connectivity index (χ0) is 15.0. The minimum absolute atomic E-state index is 0.0259. The quantitative estimate of drug-likeness (QED) is 0.847. The van der Waals surface area contributed by atoms with Crippen LogP contribution in [0.2, 0.25) is 0 Å². The molecule has 0 aromatic heterocycles. The number of rotatable bonds is 4. The molecule has 1 unspecified atom stereocenters. The molecular formula is C13H18N2O4S. The van der Waals surface area contributed by atoms with Gasteiger partial charge in [-0.2, -0.15) is 4.72 Å². The smallest absolute Gasteiger partial charge is 0.244 e. The number of sulfonamides is 1. The lowest BCUT2D eigenvalue weighted by Crippen LogP contribution is -2.46. The highest BCUT2D eigenvalue weighted by Gasteiger charge is 2.43. The Balaban J connectivity index is 2.35. The summed E-state index contributed by atoms with van der Waals surface area (Å²) in [6.45, 7) is 4.10. The van der Waals surface area contributed by atoms with Gasteiger partial charge in [-0.15, -0.1) is 0 Å². The van der Waals surface area contributed by atoms with Crippen molar-refractivity contribution in [3.05, 3.63) is 24.3 Å². The second-order valence-electron chi connectivity index (χ2n) is 5.41. The van der Waals surface area contributed by atoms with Crippen molar-refractivity contribution in [3.8, 4) is 5.75 Å². The second-order valence-corrected chi connectivity index (χ2v) is 7.09. The monoisotopic (exact) mass is 298 g/mol. The maximum absolute atomic E-state index is 12.4. The lowest BCUT2D eigenvalue weighted by molar-refractivity contribution is -0.121. The van der Waals surface area contributed by atoms with Crippen molar-refractivity contribution >= 4 is 15.9 Å². The van der Waals surface area contributed by atoms with Gasteiger partial charge in [-0.25, -0.2) is 8.42 Å². The normalized spacial score (nSPS) is 21.6. The van der Waals surface area contributed by atoms with Crippen LogP contribution in [0.15, 0.2) is 29.2 Å². The predicted molar refractivity (Wildman–Crippen MR) is 73.9 cm³/mol. The molecule has 1 aliphatic heterocycles. The van der Waals surface area contributed by atoms with Gasteiger partial charge in [0.25, 0.3) is 0 Å². The maximum atomic E-state index is 12.4. The third-order valence-corrected chi connectivity index (χ3v) is 4.86. The zero-order valence-corrected chi connectivity index (χ0v) is 12.5. The number of carbonyl (C=O) groups is 1. The summed E-state index contributed by atoms with van der Waals surface area (Å²) in [5, 5.41) is 2.67. The standard InChI is InChI=1S/C13H18N2O4S/c1-13(2)8-14-12(16)11(13)15-20(17,18)10-7-5-4-6-9(10)19-3/h4-7,11,15H,8H2,1-3H3,(H,14,16). The van der Waals surface area contributed by atoms with Crippen molar-refractivity contribution in [2.75, 3.05) is 13.7 Å². The number of benzene rings is 1. The molecule has 2 rings (SSSR count). The van der Waals surface area contributed by atoms with E-state index in [1.54, 1.807) is 18.2 Å². The second kappa shape index (κ2) is 5.06. The lowest BCUT2D eigenvalue weighted by Gasteiger charge is -2.24. The molecule has 0 bridgehead atoms. The topological polar surface area (TPSA) is 84.5 Å². The van der Waals surface area contributed by atoms with Gasteiger partial charge in [0.15, 0.2) is 0 Å². The fourth-order valence-electron chi connectivity index (χ4n) is 2.15. The van der Waals surface area contributed by atoms with Gasteiger partial charge >= 0.3 is 0 Å². The Hall–Kier alpha value is -1.60. The number of carbonyl (C=O) groups excluding carboxylic acids is 1. The summed E-state index contributed by atoms with van der Waals surface area (Å²) in [4.78, 5) is 11.8. The first-order valence-corrected chi connectivity index (χ1v) is 7.69. The molecule has 1 aromatic carbocycles. The fraction of sp³-hybridized carbons (Fsp3) is 0.462. The Kier molecular flexibility index (Phi) is 3.75. The van der Waals surface area contributed by atoms with Crippen LogP contribution in [0.5, 0.6) is 5.75 Å². The number of para-hydroxylation sites is 1. The zero-order valence-electron chi connectivity index (χ0n) is 11.6. The van der Waals surface area contributed by atoms with Crippen molar-refractivity contribution < 1.29 is 17.9 Å². The molecule has 1 fully saturated rings. The van der Waals surface area contributed by atoms with Crippen LogP contribution in [-0.2, 0) is 14.8 Å². The lowest BCUT2D eigenvalue weighted by atomic mass is 9.88. The van der Waals surface area contributed by atoms with Crippen LogP contribution < -0.4 is 14.8 Å². The van der Waals surface area contributed by atoms with Crippen LogP contribution in [-0.4, -0.2) is 34.0 Å². The number of nitrogens with one attached hydrogen (secondary N) is 2. The molecular weight excluding hydrogens is 280 g/mol. The van der Waals surface area contributed by atoms with Crippen LogP contribution in [0.3, 0.4) is 0 Å². The number of hydrogen-bond donors (Lipinski definition) is 2. The highest BCUT2D eigenvalue weighted by molar-refractivity contribution is 7.89. The molecule has 1 aliphatic rings. The summed E-state index contributed by atoms with van der Waals surface area (Å²) in [5.74, 6) is -0.0651. The number of hydrogen-bond acceptors (Lipinski definition) is 4. The van der Waals surface area contributed by atoms with E-state index < -0.39 is 21.5 Å². The SMILES string of the molecule is COc1ccccc1S(=O)(=O)NC1C(=O)NCC1(C)C. The van der Waals surface area contributed by atoms with Gasteiger partial charge in [-0.3, -0.25) is 4.79 Å². The van der Waals surface area contributed by atoms with Crippen molar-refractivity contribution in [2.24, 2.45) is 5.41 Å². The third kappa shape index (κ3) is 2.64. The first kappa shape index (κ1) is 14.8. The van der Waals surface area contributed by atoms with Crippen molar-refractivity contribution in [1.29, 1.82) is 0 Å². The largest absolute Gasteiger partial charge is 0.495 e. The van der Waals surface area contributed by atoms with Crippen LogP contribution in [0.1, 0.15) is 13.8 Å². The summed E-state index contributed by atoms with van der Waals surface area (Å²) in [6.07, 6.45) is 0. The van der Waals surface area contributed by atoms with Gasteiger partial charge < -0.3 is 10.1 Å². The Morgan fingerprint density at radius 2 is 2.00 bits per heavy atom. The summed E-state index contributed by atoms with van der Waals surface area (Å²) in [6, 6.07) is 5.51. The van der Waals surface area contributed by atoms with Gasteiger partial charge in [0.05, 0.1) is 7.11 Å². The molecule has 1 saturated heterocycles. The van der Waals surface area contributed by atoms with Gasteiger partial charge in [0, 0.05) is 12.0 Å². The number of methoxy groups -OCH3 is 1. The third-order valence-electron chi connectivity index (χ3n) is 3.39. The average Bonchev–Trinajstić information content (AvgIpc) is 2.65. The Morgan fingerprint density at radius 1 is 1.35 bits per heavy atom. The van der Waals surface area contributed by atoms with Gasteiger partial charge in [-0.05, 0) is 12.1 Å².